The molecule has 122 valence electrons. The van der Waals surface area contributed by atoms with Crippen LogP contribution in [-0.2, 0) is 14.3 Å². The number of carbonyl (C=O) groups excluding carboxylic acids is 1. The van der Waals surface area contributed by atoms with Crippen LogP contribution in [0, 0.1) is 23.2 Å². The summed E-state index contributed by atoms with van der Waals surface area (Å²) in [5.74, 6) is 2.53. The first kappa shape index (κ1) is 16.8. The second kappa shape index (κ2) is 7.13. The van der Waals surface area contributed by atoms with Crippen LogP contribution in [0.25, 0.3) is 0 Å². The summed E-state index contributed by atoms with van der Waals surface area (Å²) in [6.45, 7) is 9.30. The van der Waals surface area contributed by atoms with E-state index >= 15 is 0 Å². The third-order valence-electron chi connectivity index (χ3n) is 5.98. The van der Waals surface area contributed by atoms with E-state index in [1.807, 2.05) is 27.7 Å². The largest absolute Gasteiger partial charge is 0.463 e. The molecule has 0 amide bonds. The molecule has 4 atom stereocenters. The average molecular weight is 296 g/mol. The summed E-state index contributed by atoms with van der Waals surface area (Å²) in [7, 11) is 0. The Morgan fingerprint density at radius 2 is 1.95 bits per heavy atom. The maximum absolute atomic E-state index is 12.1. The molecule has 0 saturated heterocycles. The van der Waals surface area contributed by atoms with Crippen LogP contribution in [0.4, 0.5) is 0 Å². The van der Waals surface area contributed by atoms with Crippen molar-refractivity contribution in [1.29, 1.82) is 0 Å². The molecule has 0 heterocycles. The van der Waals surface area contributed by atoms with Crippen LogP contribution in [0.3, 0.4) is 0 Å². The minimum atomic E-state index is -0.343. The van der Waals surface area contributed by atoms with E-state index in [-0.39, 0.29) is 17.5 Å². The monoisotopic (exact) mass is 296 g/mol. The smallest absolute Gasteiger partial charge is 0.311 e. The third kappa shape index (κ3) is 4.00. The van der Waals surface area contributed by atoms with Gasteiger partial charge >= 0.3 is 5.97 Å². The van der Waals surface area contributed by atoms with E-state index in [0.29, 0.717) is 6.61 Å². The molecule has 3 nitrogen and oxygen atoms in total. The van der Waals surface area contributed by atoms with Crippen molar-refractivity contribution in [1.82, 2.24) is 0 Å². The minimum absolute atomic E-state index is 0.00559. The molecule has 0 aromatic carbocycles. The molecule has 3 heteroatoms. The van der Waals surface area contributed by atoms with Gasteiger partial charge in [-0.05, 0) is 63.7 Å². The van der Waals surface area contributed by atoms with Crippen molar-refractivity contribution in [3.63, 3.8) is 0 Å². The first-order valence-corrected chi connectivity index (χ1v) is 8.77. The Kier molecular flexibility index (Phi) is 5.70. The van der Waals surface area contributed by atoms with Crippen LogP contribution in [0.5, 0.6) is 0 Å². The molecular formula is C18H32O3. The van der Waals surface area contributed by atoms with E-state index in [0.717, 1.165) is 37.2 Å². The molecule has 0 spiro atoms. The highest BCUT2D eigenvalue weighted by molar-refractivity contribution is 5.76. The summed E-state index contributed by atoms with van der Waals surface area (Å²) in [6, 6.07) is 0. The fourth-order valence-corrected chi connectivity index (χ4v) is 3.82. The highest BCUT2D eigenvalue weighted by atomic mass is 16.6. The van der Waals surface area contributed by atoms with Crippen molar-refractivity contribution >= 4 is 5.97 Å². The molecule has 2 aliphatic carbocycles. The van der Waals surface area contributed by atoms with Crippen LogP contribution >= 0.6 is 0 Å². The molecular weight excluding hydrogens is 264 g/mol. The average Bonchev–Trinajstić information content (AvgIpc) is 3.12. The Hall–Kier alpha value is -0.570. The standard InChI is InChI=1S/C18H32O3/c1-5-18(4,6-2)17(19)21-11-13(3)20-12-16-10-14-7-8-15(16)9-14/h13-16H,5-12H2,1-4H3. The van der Waals surface area contributed by atoms with E-state index in [2.05, 4.69) is 0 Å². The number of carbonyl (C=O) groups is 1. The van der Waals surface area contributed by atoms with Crippen LogP contribution in [0.15, 0.2) is 0 Å². The van der Waals surface area contributed by atoms with Gasteiger partial charge in [0.1, 0.15) is 6.61 Å². The normalized spacial score (nSPS) is 29.6. The van der Waals surface area contributed by atoms with Crippen molar-refractivity contribution in [2.45, 2.75) is 72.3 Å². The van der Waals surface area contributed by atoms with Gasteiger partial charge in [0.25, 0.3) is 0 Å². The van der Waals surface area contributed by atoms with Gasteiger partial charge in [0.15, 0.2) is 0 Å². The zero-order valence-electron chi connectivity index (χ0n) is 14.2. The summed E-state index contributed by atoms with van der Waals surface area (Å²) in [5.41, 5.74) is -0.343. The first-order valence-electron chi connectivity index (χ1n) is 8.77. The van der Waals surface area contributed by atoms with Gasteiger partial charge in [0, 0.05) is 0 Å². The molecule has 21 heavy (non-hydrogen) atoms. The van der Waals surface area contributed by atoms with E-state index in [1.54, 1.807) is 0 Å². The molecule has 2 bridgehead atoms. The second-order valence-corrected chi connectivity index (χ2v) is 7.45. The predicted octanol–water partition coefficient (Wildman–Crippen LogP) is 4.20. The Morgan fingerprint density at radius 3 is 2.48 bits per heavy atom. The number of ether oxygens (including phenoxy) is 2. The highest BCUT2D eigenvalue weighted by Crippen LogP contribution is 2.48. The van der Waals surface area contributed by atoms with Gasteiger partial charge in [-0.3, -0.25) is 4.79 Å². The quantitative estimate of drug-likeness (QED) is 0.630. The van der Waals surface area contributed by atoms with E-state index in [9.17, 15) is 4.79 Å². The fourth-order valence-electron chi connectivity index (χ4n) is 3.82. The van der Waals surface area contributed by atoms with Gasteiger partial charge in [-0.2, -0.15) is 0 Å². The lowest BCUT2D eigenvalue weighted by Gasteiger charge is -2.26. The maximum atomic E-state index is 12.1. The Balaban J connectivity index is 1.65. The summed E-state index contributed by atoms with van der Waals surface area (Å²) in [4.78, 5) is 12.1. The van der Waals surface area contributed by atoms with Crippen molar-refractivity contribution in [2.24, 2.45) is 23.2 Å². The fraction of sp³-hybridized carbons (Fsp3) is 0.944. The lowest BCUT2D eigenvalue weighted by atomic mass is 9.85. The summed E-state index contributed by atoms with van der Waals surface area (Å²) in [6.07, 6.45) is 7.25. The third-order valence-corrected chi connectivity index (χ3v) is 5.98. The minimum Gasteiger partial charge on any atom is -0.463 e. The van der Waals surface area contributed by atoms with Crippen molar-refractivity contribution < 1.29 is 14.3 Å². The first-order chi connectivity index (χ1) is 9.98. The summed E-state index contributed by atoms with van der Waals surface area (Å²) in [5, 5.41) is 0. The van der Waals surface area contributed by atoms with Gasteiger partial charge in [0.05, 0.1) is 18.1 Å². The Bertz CT molecular complexity index is 348. The SMILES string of the molecule is CCC(C)(CC)C(=O)OCC(C)OCC1CC2CCC1C2. The van der Waals surface area contributed by atoms with Crippen LogP contribution in [0.2, 0.25) is 0 Å². The molecule has 2 fully saturated rings. The summed E-state index contributed by atoms with van der Waals surface area (Å²) >= 11 is 0. The highest BCUT2D eigenvalue weighted by Gasteiger charge is 2.39. The second-order valence-electron chi connectivity index (χ2n) is 7.45. The zero-order valence-corrected chi connectivity index (χ0v) is 14.2. The number of hydrogen-bond donors (Lipinski definition) is 0. The van der Waals surface area contributed by atoms with E-state index in [1.165, 1.54) is 25.7 Å². The van der Waals surface area contributed by atoms with Gasteiger partial charge < -0.3 is 9.47 Å². The van der Waals surface area contributed by atoms with Gasteiger partial charge in [-0.15, -0.1) is 0 Å². The van der Waals surface area contributed by atoms with Crippen LogP contribution in [-0.4, -0.2) is 25.3 Å². The zero-order chi connectivity index (χ0) is 15.5. The molecule has 2 rings (SSSR count). The number of fused-ring (bicyclic) bond motifs is 2. The maximum Gasteiger partial charge on any atom is 0.311 e. The number of rotatable bonds is 8. The van der Waals surface area contributed by atoms with Crippen molar-refractivity contribution in [3.8, 4) is 0 Å². The molecule has 4 unspecified atom stereocenters. The molecule has 2 saturated carbocycles. The Morgan fingerprint density at radius 1 is 1.24 bits per heavy atom. The lowest BCUT2D eigenvalue weighted by molar-refractivity contribution is -0.159. The summed E-state index contributed by atoms with van der Waals surface area (Å²) < 4.78 is 11.4. The van der Waals surface area contributed by atoms with Crippen molar-refractivity contribution in [2.75, 3.05) is 13.2 Å². The van der Waals surface area contributed by atoms with E-state index < -0.39 is 0 Å². The molecule has 0 N–H and O–H groups in total. The lowest BCUT2D eigenvalue weighted by Crippen LogP contribution is -2.31. The predicted molar refractivity (Wildman–Crippen MR) is 84.0 cm³/mol. The Labute approximate surface area is 129 Å². The number of hydrogen-bond acceptors (Lipinski definition) is 3. The van der Waals surface area contributed by atoms with Crippen molar-refractivity contribution in [3.05, 3.63) is 0 Å². The van der Waals surface area contributed by atoms with E-state index in [4.69, 9.17) is 9.47 Å². The van der Waals surface area contributed by atoms with Gasteiger partial charge in [-0.1, -0.05) is 20.3 Å². The number of esters is 1. The molecule has 0 aliphatic heterocycles. The topological polar surface area (TPSA) is 35.5 Å². The molecule has 0 aromatic heterocycles. The van der Waals surface area contributed by atoms with Gasteiger partial charge in [-0.25, -0.2) is 0 Å². The van der Waals surface area contributed by atoms with Crippen LogP contribution in [0.1, 0.15) is 66.2 Å². The van der Waals surface area contributed by atoms with Crippen LogP contribution < -0.4 is 0 Å². The van der Waals surface area contributed by atoms with Gasteiger partial charge in [0.2, 0.25) is 0 Å². The molecule has 2 aliphatic rings. The molecule has 0 radical (unpaired) electrons. The molecule has 0 aromatic rings.